The maximum absolute atomic E-state index is 5.92. The smallest absolute Gasteiger partial charge is 0.205 e. The summed E-state index contributed by atoms with van der Waals surface area (Å²) >= 11 is 5.92. The number of H-pyrrole nitrogens is 1. The van der Waals surface area contributed by atoms with E-state index in [0.717, 1.165) is 16.7 Å². The number of aromatic nitrogens is 2. The van der Waals surface area contributed by atoms with Crippen LogP contribution in [-0.2, 0) is 0 Å². The van der Waals surface area contributed by atoms with Crippen molar-refractivity contribution in [3.8, 4) is 0 Å². The molecule has 3 aromatic rings. The third kappa shape index (κ3) is 2.58. The van der Waals surface area contributed by atoms with E-state index in [2.05, 4.69) is 15.3 Å². The molecule has 0 spiro atoms. The fourth-order valence-electron chi connectivity index (χ4n) is 1.71. The maximum Gasteiger partial charge on any atom is 0.205 e. The number of halogens is 2. The van der Waals surface area contributed by atoms with Gasteiger partial charge >= 0.3 is 0 Å². The standard InChI is InChI=1S/C13H10ClN3.ClH/c14-9-4-3-5-10(8-9)15-13-16-11-6-1-2-7-12(11)17-13;/h1-8H,(H2,15,16,17);1H. The molecule has 0 aliphatic rings. The molecule has 5 heteroatoms. The number of anilines is 2. The largest absolute Gasteiger partial charge is 0.326 e. The first-order valence-electron chi connectivity index (χ1n) is 5.28. The number of hydrogen-bond acceptors (Lipinski definition) is 2. The Bertz CT molecular complexity index is 631. The number of rotatable bonds is 2. The van der Waals surface area contributed by atoms with Crippen molar-refractivity contribution in [2.75, 3.05) is 5.32 Å². The summed E-state index contributed by atoms with van der Waals surface area (Å²) in [7, 11) is 0. The van der Waals surface area contributed by atoms with E-state index in [0.29, 0.717) is 11.0 Å². The SMILES string of the molecule is Cl.Clc1cccc(Nc2nc3ccccc3[nH]2)c1. The quantitative estimate of drug-likeness (QED) is 0.731. The van der Waals surface area contributed by atoms with Crippen molar-refractivity contribution < 1.29 is 0 Å². The van der Waals surface area contributed by atoms with Crippen LogP contribution in [0, 0.1) is 0 Å². The van der Waals surface area contributed by atoms with Crippen molar-refractivity contribution >= 4 is 46.7 Å². The first kappa shape index (κ1) is 12.7. The minimum absolute atomic E-state index is 0. The average molecular weight is 280 g/mol. The van der Waals surface area contributed by atoms with Crippen LogP contribution < -0.4 is 5.32 Å². The Morgan fingerprint density at radius 1 is 1.06 bits per heavy atom. The van der Waals surface area contributed by atoms with Gasteiger partial charge < -0.3 is 10.3 Å². The average Bonchev–Trinajstić information content (AvgIpc) is 2.71. The van der Waals surface area contributed by atoms with E-state index in [-0.39, 0.29) is 12.4 Å². The molecule has 92 valence electrons. The monoisotopic (exact) mass is 279 g/mol. The molecule has 2 aromatic carbocycles. The third-order valence-electron chi connectivity index (χ3n) is 2.48. The molecule has 0 aliphatic heterocycles. The van der Waals surface area contributed by atoms with Gasteiger partial charge in [0.1, 0.15) is 0 Å². The summed E-state index contributed by atoms with van der Waals surface area (Å²) in [6.45, 7) is 0. The van der Waals surface area contributed by atoms with Crippen LogP contribution in [0.25, 0.3) is 11.0 Å². The molecule has 2 N–H and O–H groups in total. The second-order valence-corrected chi connectivity index (χ2v) is 4.17. The molecule has 3 rings (SSSR count). The van der Waals surface area contributed by atoms with Gasteiger partial charge in [-0.3, -0.25) is 0 Å². The minimum atomic E-state index is 0. The maximum atomic E-state index is 5.92. The van der Waals surface area contributed by atoms with Crippen LogP contribution in [-0.4, -0.2) is 9.97 Å². The van der Waals surface area contributed by atoms with Gasteiger partial charge in [-0.1, -0.05) is 29.8 Å². The molecule has 0 unspecified atom stereocenters. The number of hydrogen-bond donors (Lipinski definition) is 2. The molecule has 1 aromatic heterocycles. The number of nitrogens with one attached hydrogen (secondary N) is 2. The number of imidazole rings is 1. The van der Waals surface area contributed by atoms with Crippen LogP contribution >= 0.6 is 24.0 Å². The first-order chi connectivity index (χ1) is 8.31. The number of aromatic amines is 1. The highest BCUT2D eigenvalue weighted by Crippen LogP contribution is 2.20. The Morgan fingerprint density at radius 3 is 2.67 bits per heavy atom. The van der Waals surface area contributed by atoms with Gasteiger partial charge in [-0.25, -0.2) is 4.98 Å². The lowest BCUT2D eigenvalue weighted by Crippen LogP contribution is -1.91. The van der Waals surface area contributed by atoms with Gasteiger partial charge in [0.05, 0.1) is 11.0 Å². The molecule has 0 saturated heterocycles. The number of para-hydroxylation sites is 2. The Kier molecular flexibility index (Phi) is 3.75. The molecule has 0 atom stereocenters. The molecule has 0 bridgehead atoms. The molecular formula is C13H11Cl2N3. The van der Waals surface area contributed by atoms with Crippen LogP contribution in [0.5, 0.6) is 0 Å². The highest BCUT2D eigenvalue weighted by molar-refractivity contribution is 6.30. The molecule has 1 heterocycles. The van der Waals surface area contributed by atoms with Crippen molar-refractivity contribution in [3.05, 3.63) is 53.6 Å². The van der Waals surface area contributed by atoms with E-state index < -0.39 is 0 Å². The van der Waals surface area contributed by atoms with Crippen LogP contribution in [0.1, 0.15) is 0 Å². The fraction of sp³-hybridized carbons (Fsp3) is 0. The summed E-state index contributed by atoms with van der Waals surface area (Å²) in [5.41, 5.74) is 2.87. The number of fused-ring (bicyclic) bond motifs is 1. The van der Waals surface area contributed by atoms with Gasteiger partial charge in [0.25, 0.3) is 0 Å². The Balaban J connectivity index is 0.00000120. The molecule has 0 fully saturated rings. The van der Waals surface area contributed by atoms with E-state index in [9.17, 15) is 0 Å². The van der Waals surface area contributed by atoms with Crippen molar-refractivity contribution in [2.24, 2.45) is 0 Å². The summed E-state index contributed by atoms with van der Waals surface area (Å²) in [5, 5.41) is 3.88. The minimum Gasteiger partial charge on any atom is -0.326 e. The normalized spacial score (nSPS) is 10.1. The molecule has 0 radical (unpaired) electrons. The molecule has 3 nitrogen and oxygen atoms in total. The van der Waals surface area contributed by atoms with E-state index in [4.69, 9.17) is 11.6 Å². The second-order valence-electron chi connectivity index (χ2n) is 3.74. The summed E-state index contributed by atoms with van der Waals surface area (Å²) in [6, 6.07) is 15.4. The number of benzene rings is 2. The highest BCUT2D eigenvalue weighted by Gasteiger charge is 2.01. The molecule has 0 aliphatic carbocycles. The lowest BCUT2D eigenvalue weighted by atomic mass is 10.3. The van der Waals surface area contributed by atoms with E-state index >= 15 is 0 Å². The molecule has 0 amide bonds. The zero-order chi connectivity index (χ0) is 11.7. The predicted molar refractivity (Wildman–Crippen MR) is 78.1 cm³/mol. The van der Waals surface area contributed by atoms with Gasteiger partial charge in [-0.05, 0) is 30.3 Å². The van der Waals surface area contributed by atoms with Gasteiger partial charge in [-0.2, -0.15) is 0 Å². The predicted octanol–water partition coefficient (Wildman–Crippen LogP) is 4.38. The number of nitrogens with zero attached hydrogens (tertiary/aromatic N) is 1. The Labute approximate surface area is 116 Å². The van der Waals surface area contributed by atoms with Crippen molar-refractivity contribution in [1.29, 1.82) is 0 Å². The Morgan fingerprint density at radius 2 is 1.89 bits per heavy atom. The topological polar surface area (TPSA) is 40.7 Å². The van der Waals surface area contributed by atoms with Gasteiger partial charge in [-0.15, -0.1) is 12.4 Å². The van der Waals surface area contributed by atoms with Gasteiger partial charge in [0, 0.05) is 10.7 Å². The fourth-order valence-corrected chi connectivity index (χ4v) is 1.91. The Hall–Kier alpha value is -1.71. The first-order valence-corrected chi connectivity index (χ1v) is 5.66. The second kappa shape index (κ2) is 5.29. The highest BCUT2D eigenvalue weighted by atomic mass is 35.5. The summed E-state index contributed by atoms with van der Waals surface area (Å²) < 4.78 is 0. The van der Waals surface area contributed by atoms with Crippen LogP contribution in [0.3, 0.4) is 0 Å². The van der Waals surface area contributed by atoms with Crippen LogP contribution in [0.15, 0.2) is 48.5 Å². The van der Waals surface area contributed by atoms with Crippen molar-refractivity contribution in [1.82, 2.24) is 9.97 Å². The zero-order valence-corrected chi connectivity index (χ0v) is 10.9. The van der Waals surface area contributed by atoms with Crippen LogP contribution in [0.4, 0.5) is 11.6 Å². The third-order valence-corrected chi connectivity index (χ3v) is 2.71. The van der Waals surface area contributed by atoms with E-state index in [1.807, 2.05) is 48.5 Å². The van der Waals surface area contributed by atoms with Gasteiger partial charge in [0.2, 0.25) is 5.95 Å². The van der Waals surface area contributed by atoms with Crippen molar-refractivity contribution in [3.63, 3.8) is 0 Å². The molecule has 0 saturated carbocycles. The van der Waals surface area contributed by atoms with Crippen LogP contribution in [0.2, 0.25) is 5.02 Å². The zero-order valence-electron chi connectivity index (χ0n) is 9.35. The summed E-state index contributed by atoms with van der Waals surface area (Å²) in [5.74, 6) is 0.716. The molecule has 18 heavy (non-hydrogen) atoms. The summed E-state index contributed by atoms with van der Waals surface area (Å²) in [4.78, 5) is 7.63. The summed E-state index contributed by atoms with van der Waals surface area (Å²) in [6.07, 6.45) is 0. The van der Waals surface area contributed by atoms with E-state index in [1.165, 1.54) is 0 Å². The molecular weight excluding hydrogens is 269 g/mol. The van der Waals surface area contributed by atoms with Crippen molar-refractivity contribution in [2.45, 2.75) is 0 Å². The van der Waals surface area contributed by atoms with E-state index in [1.54, 1.807) is 0 Å². The van der Waals surface area contributed by atoms with Gasteiger partial charge in [0.15, 0.2) is 0 Å². The lowest BCUT2D eigenvalue weighted by Gasteiger charge is -2.02. The lowest BCUT2D eigenvalue weighted by molar-refractivity contribution is 1.31.